The summed E-state index contributed by atoms with van der Waals surface area (Å²) >= 11 is 17.9. The lowest BCUT2D eigenvalue weighted by molar-refractivity contribution is 0.362. The molecule has 0 aliphatic rings. The van der Waals surface area contributed by atoms with Crippen LogP contribution >= 0.6 is 34.8 Å². The van der Waals surface area contributed by atoms with E-state index in [0.717, 1.165) is 17.9 Å². The number of hydrogen-bond donors (Lipinski definition) is 0. The topological polar surface area (TPSA) is 0 Å². The van der Waals surface area contributed by atoms with Crippen LogP contribution in [-0.4, -0.2) is 11.8 Å². The van der Waals surface area contributed by atoms with Crippen LogP contribution in [-0.2, 0) is 6.42 Å². The summed E-state index contributed by atoms with van der Waals surface area (Å²) in [6.07, 6.45) is 1.86. The molecule has 0 nitrogen and oxygen atoms in total. The molecule has 0 aliphatic carbocycles. The Morgan fingerprint density at radius 1 is 1.20 bits per heavy atom. The highest BCUT2D eigenvalue weighted by molar-refractivity contribution is 6.30. The molecule has 0 amide bonds. The van der Waals surface area contributed by atoms with Crippen LogP contribution in [0.1, 0.15) is 18.9 Å². The summed E-state index contributed by atoms with van der Waals surface area (Å²) in [6.45, 7) is 2.12. The molecular weight excluding hydrogens is 250 g/mol. The molecule has 0 unspecified atom stereocenters. The van der Waals surface area contributed by atoms with Gasteiger partial charge in [0.2, 0.25) is 0 Å². The third-order valence-electron chi connectivity index (χ3n) is 2.79. The zero-order valence-electron chi connectivity index (χ0n) is 8.77. The van der Waals surface area contributed by atoms with Gasteiger partial charge in [-0.1, -0.05) is 30.7 Å². The summed E-state index contributed by atoms with van der Waals surface area (Å²) in [4.78, 5) is 0. The van der Waals surface area contributed by atoms with Crippen LogP contribution in [0.3, 0.4) is 0 Å². The average Bonchev–Trinajstić information content (AvgIpc) is 2.26. The van der Waals surface area contributed by atoms with Gasteiger partial charge in [0, 0.05) is 22.2 Å². The first-order valence-corrected chi connectivity index (χ1v) is 6.47. The fourth-order valence-corrected chi connectivity index (χ4v) is 2.59. The van der Waals surface area contributed by atoms with E-state index >= 15 is 0 Å². The zero-order chi connectivity index (χ0) is 11.3. The van der Waals surface area contributed by atoms with Gasteiger partial charge in [-0.05, 0) is 30.5 Å². The molecule has 15 heavy (non-hydrogen) atoms. The smallest absolute Gasteiger partial charge is 0.0408 e. The van der Waals surface area contributed by atoms with Crippen molar-refractivity contribution in [3.63, 3.8) is 0 Å². The van der Waals surface area contributed by atoms with Gasteiger partial charge in [-0.3, -0.25) is 0 Å². The lowest BCUT2D eigenvalue weighted by Crippen LogP contribution is -2.27. The third kappa shape index (κ3) is 3.55. The molecule has 0 saturated carbocycles. The average molecular weight is 266 g/mol. The fourth-order valence-electron chi connectivity index (χ4n) is 1.52. The van der Waals surface area contributed by atoms with Crippen molar-refractivity contribution >= 4 is 34.8 Å². The Labute approximate surface area is 107 Å². The molecular formula is C12H15Cl3. The Kier molecular flexibility index (Phi) is 5.25. The molecule has 1 aromatic carbocycles. The highest BCUT2D eigenvalue weighted by Gasteiger charge is 2.26. The van der Waals surface area contributed by atoms with Gasteiger partial charge in [0.05, 0.1) is 0 Å². The van der Waals surface area contributed by atoms with Crippen molar-refractivity contribution in [3.8, 4) is 0 Å². The van der Waals surface area contributed by atoms with Crippen molar-refractivity contribution in [1.82, 2.24) is 0 Å². The van der Waals surface area contributed by atoms with E-state index in [4.69, 9.17) is 34.8 Å². The molecule has 0 spiro atoms. The molecule has 0 bridgehead atoms. The molecule has 1 aromatic rings. The highest BCUT2D eigenvalue weighted by atomic mass is 35.5. The van der Waals surface area contributed by atoms with Gasteiger partial charge in [0.15, 0.2) is 0 Å². The molecule has 84 valence electrons. The zero-order valence-corrected chi connectivity index (χ0v) is 11.0. The largest absolute Gasteiger partial charge is 0.126 e. The summed E-state index contributed by atoms with van der Waals surface area (Å²) in [5.41, 5.74) is 1.19. The van der Waals surface area contributed by atoms with Crippen LogP contribution in [0.15, 0.2) is 24.3 Å². The number of hydrogen-bond acceptors (Lipinski definition) is 0. The van der Waals surface area contributed by atoms with Crippen molar-refractivity contribution in [2.75, 3.05) is 11.8 Å². The molecule has 3 heteroatoms. The van der Waals surface area contributed by atoms with Crippen LogP contribution in [0, 0.1) is 5.41 Å². The predicted octanol–water partition coefficient (Wildman–Crippen LogP) is 4.76. The Balaban J connectivity index is 2.82. The molecule has 0 fully saturated rings. The van der Waals surface area contributed by atoms with Crippen LogP contribution in [0.5, 0.6) is 0 Å². The highest BCUT2D eigenvalue weighted by Crippen LogP contribution is 2.30. The van der Waals surface area contributed by atoms with E-state index in [2.05, 4.69) is 13.0 Å². The molecule has 0 atom stereocenters. The SMILES string of the molecule is CCC(CCl)(CCl)Cc1cccc(Cl)c1. The number of alkyl halides is 2. The normalized spacial score (nSPS) is 11.7. The predicted molar refractivity (Wildman–Crippen MR) is 69.3 cm³/mol. The quantitative estimate of drug-likeness (QED) is 0.674. The lowest BCUT2D eigenvalue weighted by Gasteiger charge is -2.28. The van der Waals surface area contributed by atoms with Gasteiger partial charge in [-0.15, -0.1) is 23.2 Å². The summed E-state index contributed by atoms with van der Waals surface area (Å²) in [6, 6.07) is 7.88. The minimum Gasteiger partial charge on any atom is -0.126 e. The molecule has 0 radical (unpaired) electrons. The van der Waals surface area contributed by atoms with Gasteiger partial charge in [0.1, 0.15) is 0 Å². The molecule has 0 heterocycles. The second kappa shape index (κ2) is 5.98. The fraction of sp³-hybridized carbons (Fsp3) is 0.500. The van der Waals surface area contributed by atoms with Gasteiger partial charge >= 0.3 is 0 Å². The Morgan fingerprint density at radius 3 is 2.33 bits per heavy atom. The maximum atomic E-state index is 6.00. The lowest BCUT2D eigenvalue weighted by atomic mass is 9.83. The minimum absolute atomic E-state index is 0.00616. The number of rotatable bonds is 5. The number of halogens is 3. The van der Waals surface area contributed by atoms with Gasteiger partial charge in [0.25, 0.3) is 0 Å². The summed E-state index contributed by atoms with van der Waals surface area (Å²) in [5.74, 6) is 1.17. The van der Waals surface area contributed by atoms with E-state index in [-0.39, 0.29) is 5.41 Å². The van der Waals surface area contributed by atoms with E-state index in [0.29, 0.717) is 11.8 Å². The standard InChI is InChI=1S/C12H15Cl3/c1-2-12(8-13,9-14)7-10-4-3-5-11(15)6-10/h3-6H,2,7-9H2,1H3. The monoisotopic (exact) mass is 264 g/mol. The van der Waals surface area contributed by atoms with Gasteiger partial charge < -0.3 is 0 Å². The minimum atomic E-state index is -0.00616. The van der Waals surface area contributed by atoms with E-state index in [1.54, 1.807) is 0 Å². The molecule has 0 saturated heterocycles. The van der Waals surface area contributed by atoms with Crippen LogP contribution < -0.4 is 0 Å². The van der Waals surface area contributed by atoms with Crippen molar-refractivity contribution in [2.24, 2.45) is 5.41 Å². The van der Waals surface area contributed by atoms with E-state index in [9.17, 15) is 0 Å². The van der Waals surface area contributed by atoms with Crippen LogP contribution in [0.25, 0.3) is 0 Å². The Bertz CT molecular complexity index is 297. The molecule has 1 rings (SSSR count). The van der Waals surface area contributed by atoms with Gasteiger partial charge in [-0.2, -0.15) is 0 Å². The van der Waals surface area contributed by atoms with Crippen LogP contribution in [0.4, 0.5) is 0 Å². The Morgan fingerprint density at radius 2 is 1.87 bits per heavy atom. The summed E-state index contributed by atoms with van der Waals surface area (Å²) in [7, 11) is 0. The van der Waals surface area contributed by atoms with E-state index in [1.807, 2.05) is 18.2 Å². The summed E-state index contributed by atoms with van der Waals surface area (Å²) in [5, 5.41) is 0.765. The summed E-state index contributed by atoms with van der Waals surface area (Å²) < 4.78 is 0. The molecule has 0 aliphatic heterocycles. The Hall–Kier alpha value is 0.0900. The van der Waals surface area contributed by atoms with Crippen molar-refractivity contribution in [2.45, 2.75) is 19.8 Å². The van der Waals surface area contributed by atoms with Crippen molar-refractivity contribution in [1.29, 1.82) is 0 Å². The third-order valence-corrected chi connectivity index (χ3v) is 4.15. The van der Waals surface area contributed by atoms with Gasteiger partial charge in [-0.25, -0.2) is 0 Å². The second-order valence-corrected chi connectivity index (χ2v) is 4.90. The molecule has 0 N–H and O–H groups in total. The maximum absolute atomic E-state index is 6.00. The first-order valence-electron chi connectivity index (χ1n) is 5.02. The maximum Gasteiger partial charge on any atom is 0.0408 e. The van der Waals surface area contributed by atoms with Crippen molar-refractivity contribution in [3.05, 3.63) is 34.9 Å². The first kappa shape index (κ1) is 13.2. The van der Waals surface area contributed by atoms with E-state index in [1.165, 1.54) is 5.56 Å². The molecule has 0 aromatic heterocycles. The van der Waals surface area contributed by atoms with Crippen LogP contribution in [0.2, 0.25) is 5.02 Å². The number of benzene rings is 1. The van der Waals surface area contributed by atoms with Crippen molar-refractivity contribution < 1.29 is 0 Å². The van der Waals surface area contributed by atoms with E-state index < -0.39 is 0 Å². The second-order valence-electron chi connectivity index (χ2n) is 3.93. The first-order chi connectivity index (χ1) is 7.15.